The van der Waals surface area contributed by atoms with Gasteiger partial charge in [-0.25, -0.2) is 9.78 Å². The van der Waals surface area contributed by atoms with E-state index in [1.807, 2.05) is 0 Å². The van der Waals surface area contributed by atoms with E-state index in [9.17, 15) is 39.3 Å². The second kappa shape index (κ2) is 10.9. The number of aromatic nitrogens is 2. The number of amides is 2. The van der Waals surface area contributed by atoms with Crippen molar-refractivity contribution in [2.24, 2.45) is 10.6 Å². The molecule has 0 saturated carbocycles. The zero-order valence-corrected chi connectivity index (χ0v) is 24.3. The predicted octanol–water partition coefficient (Wildman–Crippen LogP) is 0.452. The Kier molecular flexibility index (Phi) is 7.55. The van der Waals surface area contributed by atoms with Gasteiger partial charge in [-0.15, -0.1) is 23.1 Å². The molecule has 1 aromatic heterocycles. The van der Waals surface area contributed by atoms with Crippen LogP contribution in [0.4, 0.5) is 5.13 Å². The maximum Gasteiger partial charge on any atom is 0.350 e. The van der Waals surface area contributed by atoms with Gasteiger partial charge in [0.2, 0.25) is 16.9 Å². The Morgan fingerprint density at radius 1 is 1.26 bits per heavy atom. The van der Waals surface area contributed by atoms with Gasteiger partial charge in [-0.3, -0.25) is 19.2 Å². The van der Waals surface area contributed by atoms with Crippen molar-refractivity contribution < 1.29 is 39.3 Å². The van der Waals surface area contributed by atoms with Gasteiger partial charge >= 0.3 is 11.9 Å². The number of carbonyl (C=O) groups excluding carboxylic acids is 2. The first-order valence-electron chi connectivity index (χ1n) is 12.7. The molecule has 6 N–H and O–H groups in total. The zero-order valence-electron chi connectivity index (χ0n) is 22.7. The molecule has 1 aromatic rings. The number of hydrogen-bond acceptors (Lipinski definition) is 12. The molecule has 5 rings (SSSR count). The average Bonchev–Trinajstić information content (AvgIpc) is 3.39. The molecule has 4 heterocycles. The molecule has 2 fully saturated rings. The first kappa shape index (κ1) is 29.8. The summed E-state index contributed by atoms with van der Waals surface area (Å²) in [5.41, 5.74) is 2.37. The van der Waals surface area contributed by atoms with E-state index < -0.39 is 57.4 Å². The summed E-state index contributed by atoms with van der Waals surface area (Å²) >= 11 is 2.20. The van der Waals surface area contributed by atoms with E-state index in [0.29, 0.717) is 5.56 Å². The predicted molar refractivity (Wildman–Crippen MR) is 155 cm³/mol. The van der Waals surface area contributed by atoms with Crippen LogP contribution in [0.25, 0.3) is 11.1 Å². The Labute approximate surface area is 251 Å². The highest BCUT2D eigenvalue weighted by atomic mass is 32.2. The highest BCUT2D eigenvalue weighted by Gasteiger charge is 2.57. The number of phenolic OH excluding ortho intramolecular Hbond substituents is 1. The van der Waals surface area contributed by atoms with E-state index in [4.69, 9.17) is 10.6 Å². The summed E-state index contributed by atoms with van der Waals surface area (Å²) in [7, 11) is 0. The molecule has 226 valence electrons. The second-order valence-electron chi connectivity index (χ2n) is 10.7. The number of oxime groups is 1. The Bertz CT molecular complexity index is 1700. The minimum atomic E-state index is -1.77. The van der Waals surface area contributed by atoms with Gasteiger partial charge in [-0.05, 0) is 31.5 Å². The van der Waals surface area contributed by atoms with E-state index in [-0.39, 0.29) is 40.9 Å². The number of nitrogens with one attached hydrogen (secondary N) is 1. The number of nitrogens with two attached hydrogens (primary N) is 1. The van der Waals surface area contributed by atoms with Crippen LogP contribution in [0.5, 0.6) is 5.75 Å². The minimum absolute atomic E-state index is 0.0213. The molecule has 0 bridgehead atoms. The van der Waals surface area contributed by atoms with Crippen LogP contribution < -0.4 is 16.5 Å². The lowest BCUT2D eigenvalue weighted by molar-refractivity contribution is -0.161. The molecule has 0 radical (unpaired) electrons. The molecule has 2 saturated heterocycles. The van der Waals surface area contributed by atoms with Gasteiger partial charge in [0.05, 0.1) is 0 Å². The molecule has 4 aliphatic rings. The van der Waals surface area contributed by atoms with Gasteiger partial charge < -0.3 is 40.7 Å². The molecule has 3 atom stereocenters. The third-order valence-corrected chi connectivity index (χ3v) is 9.44. The molecule has 15 nitrogen and oxygen atoms in total. The van der Waals surface area contributed by atoms with Crippen LogP contribution in [-0.4, -0.2) is 88.5 Å². The fourth-order valence-corrected chi connectivity index (χ4v) is 6.72. The molecular weight excluding hydrogens is 604 g/mol. The normalized spacial score (nSPS) is 22.0. The standard InChI is InChI=1S/C26H26N6O9S2/c1-25(2,22(37)38)41-30-16(14-8-42-24(27)28-14)19(35)29-17-20(36)32-10-26(23(39)40,11-43-21(17)32)9-31-6-5-12-3-4-15(33)18(34)13(12)7-31/h3-8,17,21,33H,9-11H2,1-2H3,(H2,27,28)(H,29,35)(H,37,38)(H,39,40)/t17?,21-,26?/m1/s1. The minimum Gasteiger partial charge on any atom is -0.504 e. The van der Waals surface area contributed by atoms with Crippen molar-refractivity contribution >= 4 is 57.7 Å². The molecule has 0 spiro atoms. The van der Waals surface area contributed by atoms with Gasteiger partial charge in [0.25, 0.3) is 5.91 Å². The van der Waals surface area contributed by atoms with Crippen molar-refractivity contribution in [1.29, 1.82) is 0 Å². The number of pyridine rings is 1. The number of rotatable bonds is 9. The number of aromatic hydroxyl groups is 1. The van der Waals surface area contributed by atoms with Crippen LogP contribution in [0, 0.1) is 5.41 Å². The number of hydrogen-bond donors (Lipinski definition) is 5. The maximum absolute atomic E-state index is 13.2. The van der Waals surface area contributed by atoms with Crippen molar-refractivity contribution in [1.82, 2.24) is 19.8 Å². The van der Waals surface area contributed by atoms with Crippen LogP contribution >= 0.6 is 23.1 Å². The number of nitrogen functional groups attached to an aromatic ring is 1. The number of thiazole rings is 1. The molecular formula is C26H26N6O9S2. The van der Waals surface area contributed by atoms with Gasteiger partial charge in [0.15, 0.2) is 16.6 Å². The van der Waals surface area contributed by atoms with Gasteiger partial charge in [-0.1, -0.05) is 11.2 Å². The summed E-state index contributed by atoms with van der Waals surface area (Å²) in [6.07, 6.45) is 3.10. The molecule has 2 unspecified atom stereocenters. The number of carboxylic acid groups (broad SMARTS) is 2. The number of phenols is 1. The molecule has 0 aromatic carbocycles. The third-order valence-electron chi connectivity index (χ3n) is 7.18. The highest BCUT2D eigenvalue weighted by Crippen LogP contribution is 2.43. The number of β-lactam (4-membered cyclic amide) rings is 1. The number of anilines is 1. The quantitative estimate of drug-likeness (QED) is 0.123. The Balaban J connectivity index is 1.33. The largest absolute Gasteiger partial charge is 0.504 e. The van der Waals surface area contributed by atoms with E-state index in [2.05, 4.69) is 15.5 Å². The number of carbonyl (C=O) groups is 4. The lowest BCUT2D eigenvalue weighted by atomic mass is 9.86. The van der Waals surface area contributed by atoms with Gasteiger partial charge in [0, 0.05) is 42.2 Å². The average molecular weight is 631 g/mol. The number of fused-ring (bicyclic) bond motifs is 2. The summed E-state index contributed by atoms with van der Waals surface area (Å²) in [6, 6.07) is 3.50. The molecule has 43 heavy (non-hydrogen) atoms. The molecule has 1 aliphatic carbocycles. The molecule has 2 amide bonds. The van der Waals surface area contributed by atoms with E-state index in [0.717, 1.165) is 11.3 Å². The van der Waals surface area contributed by atoms with Gasteiger partial charge in [0.1, 0.15) is 22.5 Å². The summed E-state index contributed by atoms with van der Waals surface area (Å²) in [6.45, 7) is 2.26. The first-order chi connectivity index (χ1) is 20.2. The number of thioether (sulfide) groups is 1. The number of carboxylic acids is 2. The van der Waals surface area contributed by atoms with Crippen molar-refractivity contribution in [3.63, 3.8) is 0 Å². The van der Waals surface area contributed by atoms with E-state index in [1.54, 1.807) is 22.9 Å². The summed E-state index contributed by atoms with van der Waals surface area (Å²) < 4.78 is 1.54. The van der Waals surface area contributed by atoms with E-state index in [1.165, 1.54) is 48.2 Å². The fourth-order valence-electron chi connectivity index (χ4n) is 4.64. The van der Waals surface area contributed by atoms with Crippen LogP contribution in [-0.2, 0) is 30.6 Å². The van der Waals surface area contributed by atoms with Crippen molar-refractivity contribution in [3.8, 4) is 16.9 Å². The third kappa shape index (κ3) is 5.48. The molecule has 17 heteroatoms. The Morgan fingerprint density at radius 2 is 2.00 bits per heavy atom. The summed E-state index contributed by atoms with van der Waals surface area (Å²) in [5, 5.41) is 36.6. The zero-order chi connectivity index (χ0) is 31.3. The lowest BCUT2D eigenvalue weighted by Crippen LogP contribution is -2.74. The number of aliphatic carboxylic acids is 2. The molecule has 3 aliphatic heterocycles. The highest BCUT2D eigenvalue weighted by molar-refractivity contribution is 8.00. The van der Waals surface area contributed by atoms with Crippen LogP contribution in [0.3, 0.4) is 0 Å². The second-order valence-corrected chi connectivity index (χ2v) is 12.7. The fraction of sp³-hybridized carbons (Fsp3) is 0.346. The van der Waals surface area contributed by atoms with Crippen molar-refractivity contribution in [3.05, 3.63) is 51.9 Å². The van der Waals surface area contributed by atoms with Crippen LogP contribution in [0.2, 0.25) is 0 Å². The Morgan fingerprint density at radius 3 is 2.65 bits per heavy atom. The monoisotopic (exact) mass is 630 g/mol. The smallest absolute Gasteiger partial charge is 0.350 e. The Hall–Kier alpha value is -4.64. The van der Waals surface area contributed by atoms with Crippen LogP contribution in [0.1, 0.15) is 19.5 Å². The number of nitrogens with zero attached hydrogens (tertiary/aromatic N) is 4. The lowest BCUT2D eigenvalue weighted by Gasteiger charge is -2.53. The summed E-state index contributed by atoms with van der Waals surface area (Å²) in [4.78, 5) is 73.2. The van der Waals surface area contributed by atoms with E-state index >= 15 is 0 Å². The number of benzene rings is 1. The van der Waals surface area contributed by atoms with Crippen LogP contribution in [0.15, 0.2) is 45.9 Å². The SMILES string of the molecule is CC(C)(ON=C(C(=O)NC1C(=O)N2CC(Cn3ccc4ccc(O)c(=O)c-4c3)(C(=O)O)CS[C@H]12)c1csc(N)n1)C(=O)O. The topological polar surface area (TPSA) is 227 Å². The van der Waals surface area contributed by atoms with Gasteiger partial charge in [-0.2, -0.15) is 0 Å². The summed E-state index contributed by atoms with van der Waals surface area (Å²) in [5.74, 6) is -4.18. The maximum atomic E-state index is 13.2. The first-order valence-corrected chi connectivity index (χ1v) is 14.6. The van der Waals surface area contributed by atoms with Crippen molar-refractivity contribution in [2.75, 3.05) is 18.0 Å². The van der Waals surface area contributed by atoms with Crippen molar-refractivity contribution in [2.45, 2.75) is 37.4 Å².